The van der Waals surface area contributed by atoms with Gasteiger partial charge in [0.1, 0.15) is 12.1 Å². The Bertz CT molecular complexity index is 238. The molecule has 1 rings (SSSR count). The van der Waals surface area contributed by atoms with Gasteiger partial charge in [-0.15, -0.1) is 12.4 Å². The third kappa shape index (κ3) is 3.35. The number of carbonyl (C=O) groups is 1. The van der Waals surface area contributed by atoms with E-state index in [9.17, 15) is 13.6 Å². The Hall–Kier alpha value is -0.300. The first kappa shape index (κ1) is 18.1. The Morgan fingerprint density at radius 2 is 1.94 bits per heavy atom. The lowest BCUT2D eigenvalue weighted by atomic mass is 9.76. The maximum atomic E-state index is 13.4. The normalized spacial score (nSPS) is 19.8. The van der Waals surface area contributed by atoms with Gasteiger partial charge in [0.15, 0.2) is 5.78 Å². The molecule has 7 heteroatoms. The van der Waals surface area contributed by atoms with Crippen LogP contribution in [0.2, 0.25) is 0 Å². The van der Waals surface area contributed by atoms with Gasteiger partial charge in [0.25, 0.3) is 5.92 Å². The van der Waals surface area contributed by atoms with Gasteiger partial charge in [0.2, 0.25) is 0 Å². The number of aliphatic hydroxyl groups is 1. The number of rotatable bonds is 4. The number of ketones is 1. The quantitative estimate of drug-likeness (QED) is 0.709. The highest BCUT2D eigenvalue weighted by Crippen LogP contribution is 2.42. The van der Waals surface area contributed by atoms with Gasteiger partial charge in [-0.3, -0.25) is 4.79 Å². The van der Waals surface area contributed by atoms with Crippen LogP contribution in [0, 0.1) is 5.92 Å². The second-order valence-corrected chi connectivity index (χ2v) is 3.88. The van der Waals surface area contributed by atoms with Crippen LogP contribution < -0.4 is 11.9 Å². The zero-order chi connectivity index (χ0) is 10.9. The third-order valence-corrected chi connectivity index (χ3v) is 2.85. The van der Waals surface area contributed by atoms with Crippen LogP contribution in [0.3, 0.4) is 0 Å². The Labute approximate surface area is 99.6 Å². The fourth-order valence-corrected chi connectivity index (χ4v) is 1.53. The van der Waals surface area contributed by atoms with Crippen molar-refractivity contribution in [3.8, 4) is 0 Å². The predicted octanol–water partition coefficient (Wildman–Crippen LogP) is 1.28. The van der Waals surface area contributed by atoms with Crippen molar-refractivity contribution >= 4 is 18.2 Å². The number of aliphatic hydroxyl groups excluding tert-OH is 1. The summed E-state index contributed by atoms with van der Waals surface area (Å²) in [4.78, 5) is 10.7. The molecule has 1 aliphatic rings. The molecule has 6 N–H and O–H groups in total. The first-order valence-electron chi connectivity index (χ1n) is 4.69. The minimum atomic E-state index is -3.14. The van der Waals surface area contributed by atoms with Gasteiger partial charge in [0, 0.05) is 5.92 Å². The van der Waals surface area contributed by atoms with Gasteiger partial charge in [-0.2, -0.15) is 0 Å². The van der Waals surface area contributed by atoms with Crippen LogP contribution in [0.15, 0.2) is 0 Å². The van der Waals surface area contributed by atoms with Crippen LogP contribution >= 0.6 is 12.4 Å². The number of alkyl halides is 2. The molecule has 1 fully saturated rings. The first-order chi connectivity index (χ1) is 6.37. The van der Waals surface area contributed by atoms with E-state index >= 15 is 0 Å². The maximum Gasteiger partial charge on any atom is 0.268 e. The summed E-state index contributed by atoms with van der Waals surface area (Å²) in [5, 5.41) is 9.14. The van der Waals surface area contributed by atoms with Gasteiger partial charge >= 0.3 is 0 Å². The summed E-state index contributed by atoms with van der Waals surface area (Å²) >= 11 is 0. The highest BCUT2D eigenvalue weighted by Gasteiger charge is 2.50. The molecule has 0 spiro atoms. The average Bonchev–Trinajstić information content (AvgIpc) is 1.97. The first-order valence-corrected chi connectivity index (χ1v) is 4.69. The smallest absolute Gasteiger partial charge is 0.268 e. The number of Topliss-reactive ketones (excluding diaryl/α,β-unsaturated/α-hetero) is 1. The molecule has 0 aliphatic heterocycles. The topological polar surface area (TPSA) is 98.3 Å². The largest absolute Gasteiger partial charge is 0.383 e. The zero-order valence-corrected chi connectivity index (χ0v) is 9.97. The number of hydrogen-bond donors (Lipinski definition) is 3. The number of halogens is 3. The van der Waals surface area contributed by atoms with Crippen molar-refractivity contribution in [3.05, 3.63) is 0 Å². The van der Waals surface area contributed by atoms with E-state index in [-0.39, 0.29) is 18.6 Å². The molecule has 0 bridgehead atoms. The van der Waals surface area contributed by atoms with Crippen LogP contribution in [-0.2, 0) is 4.79 Å². The molecule has 2 unspecified atom stereocenters. The van der Waals surface area contributed by atoms with Gasteiger partial charge in [0.05, 0.1) is 0 Å². The van der Waals surface area contributed by atoms with Crippen LogP contribution in [-0.4, -0.2) is 29.0 Å². The summed E-state index contributed by atoms with van der Waals surface area (Å²) in [5.74, 6) is -4.62. The van der Waals surface area contributed by atoms with E-state index in [1.165, 1.54) is 0 Å². The van der Waals surface area contributed by atoms with Crippen LogP contribution in [0.25, 0.3) is 0 Å². The summed E-state index contributed by atoms with van der Waals surface area (Å²) in [6.07, 6.45) is -0.148. The van der Waals surface area contributed by atoms with Crippen molar-refractivity contribution in [3.63, 3.8) is 0 Å². The van der Waals surface area contributed by atoms with Gasteiger partial charge < -0.3 is 17.0 Å². The van der Waals surface area contributed by atoms with Crippen molar-refractivity contribution in [1.29, 1.82) is 0 Å². The molecule has 2 atom stereocenters. The van der Waals surface area contributed by atoms with Crippen LogP contribution in [0.1, 0.15) is 26.2 Å². The van der Waals surface area contributed by atoms with Crippen molar-refractivity contribution < 1.29 is 18.7 Å². The molecular weight excluding hydrogens is 242 g/mol. The molecule has 4 nitrogen and oxygen atoms in total. The second-order valence-electron chi connectivity index (χ2n) is 3.88. The van der Waals surface area contributed by atoms with Crippen molar-refractivity contribution in [2.75, 3.05) is 0 Å². The third-order valence-electron chi connectivity index (χ3n) is 2.85. The zero-order valence-electron chi connectivity index (χ0n) is 9.16. The summed E-state index contributed by atoms with van der Waals surface area (Å²) in [5.41, 5.74) is 5.19. The average molecular weight is 261 g/mol. The molecule has 16 heavy (non-hydrogen) atoms. The van der Waals surface area contributed by atoms with E-state index in [0.29, 0.717) is 12.8 Å². The standard InChI is InChI=1S/C9H15F2NO2.ClH.H3N/c1-5(13)7(14)8(12)9(10,11)6-3-2-4-6;;/h6-8,14H,2-4,12H2,1H3;1H;1H3. The molecule has 0 aromatic carbocycles. The molecule has 0 saturated heterocycles. The lowest BCUT2D eigenvalue weighted by molar-refractivity contribution is -0.148. The van der Waals surface area contributed by atoms with Crippen molar-refractivity contribution in [2.24, 2.45) is 11.7 Å². The SMILES string of the molecule is CC(=O)C(O)C(N)C(F)(F)C1CCC1.Cl.N. The minimum absolute atomic E-state index is 0. The van der Waals surface area contributed by atoms with Gasteiger partial charge in [-0.25, -0.2) is 8.78 Å². The highest BCUT2D eigenvalue weighted by molar-refractivity contribution is 5.85. The minimum Gasteiger partial charge on any atom is -0.383 e. The van der Waals surface area contributed by atoms with E-state index in [1.807, 2.05) is 0 Å². The Morgan fingerprint density at radius 1 is 1.50 bits per heavy atom. The van der Waals surface area contributed by atoms with E-state index in [2.05, 4.69) is 0 Å². The Kier molecular flexibility index (Phi) is 7.27. The molecule has 0 heterocycles. The van der Waals surface area contributed by atoms with Crippen LogP contribution in [0.4, 0.5) is 8.78 Å². The lowest BCUT2D eigenvalue weighted by Crippen LogP contribution is -2.56. The fourth-order valence-electron chi connectivity index (χ4n) is 1.53. The molecule has 1 saturated carbocycles. The molecule has 0 aromatic rings. The molecular formula is C9H19ClF2N2O2. The molecule has 0 radical (unpaired) electrons. The maximum absolute atomic E-state index is 13.4. The van der Waals surface area contributed by atoms with E-state index in [4.69, 9.17) is 10.8 Å². The highest BCUT2D eigenvalue weighted by atomic mass is 35.5. The van der Waals surface area contributed by atoms with E-state index in [1.54, 1.807) is 0 Å². The van der Waals surface area contributed by atoms with Crippen molar-refractivity contribution in [1.82, 2.24) is 6.15 Å². The van der Waals surface area contributed by atoms with E-state index in [0.717, 1.165) is 13.3 Å². The van der Waals surface area contributed by atoms with Gasteiger partial charge in [-0.05, 0) is 19.8 Å². The monoisotopic (exact) mass is 260 g/mol. The summed E-state index contributed by atoms with van der Waals surface area (Å²) in [7, 11) is 0. The molecule has 1 aliphatic carbocycles. The number of nitrogens with two attached hydrogens (primary N) is 1. The Balaban J connectivity index is 0. The second kappa shape index (κ2) is 6.44. The fraction of sp³-hybridized carbons (Fsp3) is 0.889. The summed E-state index contributed by atoms with van der Waals surface area (Å²) in [6.45, 7) is 1.06. The number of hydrogen-bond acceptors (Lipinski definition) is 4. The molecule has 98 valence electrons. The Morgan fingerprint density at radius 3 is 2.19 bits per heavy atom. The molecule has 0 amide bonds. The predicted molar refractivity (Wildman–Crippen MR) is 59.2 cm³/mol. The summed E-state index contributed by atoms with van der Waals surface area (Å²) in [6, 6.07) is -1.77. The van der Waals surface area contributed by atoms with Crippen LogP contribution in [0.5, 0.6) is 0 Å². The lowest BCUT2D eigenvalue weighted by Gasteiger charge is -2.37. The molecule has 0 aromatic heterocycles. The van der Waals surface area contributed by atoms with E-state index < -0.39 is 29.8 Å². The van der Waals surface area contributed by atoms with Gasteiger partial charge in [-0.1, -0.05) is 6.42 Å². The summed E-state index contributed by atoms with van der Waals surface area (Å²) < 4.78 is 26.9. The number of carbonyl (C=O) groups excluding carboxylic acids is 1. The van der Waals surface area contributed by atoms with Crippen molar-refractivity contribution in [2.45, 2.75) is 44.3 Å².